The van der Waals surface area contributed by atoms with Crippen molar-refractivity contribution >= 4 is 43.6 Å². The van der Waals surface area contributed by atoms with Crippen LogP contribution in [0.1, 0.15) is 244 Å². The summed E-state index contributed by atoms with van der Waals surface area (Å²) in [7, 11) is -0.880. The number of esters is 5. The Morgan fingerprint density at radius 1 is 0.541 bits per heavy atom. The predicted octanol–water partition coefficient (Wildman–Crippen LogP) is 11.9. The number of unbranched alkanes of at least 4 members (excludes halogenated alkanes) is 28. The van der Waals surface area contributed by atoms with Crippen LogP contribution < -0.4 is 5.32 Å². The SMILES string of the molecule is CCCCCCCCCCCCCCCCCC(=O)OC[C@H](COP(=O)(O)OCCNC(=O)CCC(C(=O)OC)N1CCN(CC(=O)OC)Cc2cccc(n2)CN(CC(=O)OC)CC1)OC(=O)CCCCCCCCCCCCCCCCC. The van der Waals surface area contributed by atoms with E-state index in [-0.39, 0.29) is 65.0 Å². The molecule has 3 atom stereocenters. The van der Waals surface area contributed by atoms with Crippen LogP contribution in [0.15, 0.2) is 18.2 Å². The number of hydrogen-bond acceptors (Lipinski definition) is 18. The number of hydrogen-bond donors (Lipinski definition) is 2. The van der Waals surface area contributed by atoms with Gasteiger partial charge < -0.3 is 33.9 Å². The zero-order valence-corrected chi connectivity index (χ0v) is 54.2. The molecule has 0 radical (unpaired) electrons. The molecule has 2 unspecified atom stereocenters. The lowest BCUT2D eigenvalue weighted by molar-refractivity contribution is -0.161. The fourth-order valence-electron chi connectivity index (χ4n) is 10.5. The van der Waals surface area contributed by atoms with Crippen molar-refractivity contribution in [2.24, 2.45) is 0 Å². The average molecular weight is 1220 g/mol. The molecule has 0 saturated heterocycles. The predicted molar refractivity (Wildman–Crippen MR) is 330 cm³/mol. The van der Waals surface area contributed by atoms with E-state index in [1.165, 1.54) is 163 Å². The monoisotopic (exact) mass is 1220 g/mol. The van der Waals surface area contributed by atoms with Gasteiger partial charge in [0.2, 0.25) is 5.91 Å². The zero-order chi connectivity index (χ0) is 62.0. The Hall–Kier alpha value is -4.04. The van der Waals surface area contributed by atoms with E-state index in [4.69, 9.17) is 37.7 Å². The van der Waals surface area contributed by atoms with Gasteiger partial charge in [0, 0.05) is 65.1 Å². The molecule has 1 aromatic heterocycles. The van der Waals surface area contributed by atoms with Crippen molar-refractivity contribution in [2.45, 2.75) is 257 Å². The van der Waals surface area contributed by atoms with Gasteiger partial charge in [0.1, 0.15) is 12.6 Å². The van der Waals surface area contributed by atoms with Gasteiger partial charge in [0.25, 0.3) is 0 Å². The average Bonchev–Trinajstić information content (AvgIpc) is 3.69. The summed E-state index contributed by atoms with van der Waals surface area (Å²) in [6.07, 6.45) is 35.1. The Labute approximate surface area is 511 Å². The van der Waals surface area contributed by atoms with Crippen molar-refractivity contribution in [1.29, 1.82) is 0 Å². The number of methoxy groups -OCH3 is 3. The second kappa shape index (κ2) is 50.9. The Morgan fingerprint density at radius 3 is 1.39 bits per heavy atom. The molecule has 2 bridgehead atoms. The highest BCUT2D eigenvalue weighted by molar-refractivity contribution is 7.47. The minimum atomic E-state index is -4.75. The molecule has 0 fully saturated rings. The molecule has 21 heteroatoms. The number of nitrogens with one attached hydrogen (secondary N) is 1. The van der Waals surface area contributed by atoms with Crippen LogP contribution in [0.2, 0.25) is 0 Å². The third-order valence-corrected chi connectivity index (χ3v) is 16.5. The molecule has 0 saturated carbocycles. The van der Waals surface area contributed by atoms with E-state index >= 15 is 0 Å². The van der Waals surface area contributed by atoms with Crippen molar-refractivity contribution in [1.82, 2.24) is 25.0 Å². The van der Waals surface area contributed by atoms with Crippen LogP contribution in [0.25, 0.3) is 0 Å². The van der Waals surface area contributed by atoms with E-state index in [2.05, 4.69) is 19.2 Å². The molecule has 2 N–H and O–H groups in total. The molecule has 490 valence electrons. The Balaban J connectivity index is 1.91. The van der Waals surface area contributed by atoms with E-state index in [9.17, 15) is 38.2 Å². The van der Waals surface area contributed by atoms with Gasteiger partial charge in [0.15, 0.2) is 6.10 Å². The quantitative estimate of drug-likeness (QED) is 0.0267. The molecule has 2 rings (SSSR count). The van der Waals surface area contributed by atoms with Gasteiger partial charge in [-0.15, -0.1) is 0 Å². The van der Waals surface area contributed by atoms with Crippen LogP contribution in [-0.2, 0) is 79.2 Å². The highest BCUT2D eigenvalue weighted by Gasteiger charge is 2.30. The summed E-state index contributed by atoms with van der Waals surface area (Å²) in [5.74, 6) is -2.93. The second-order valence-corrected chi connectivity index (χ2v) is 24.4. The summed E-state index contributed by atoms with van der Waals surface area (Å²) in [5.41, 5.74) is 1.40. The van der Waals surface area contributed by atoms with Crippen LogP contribution >= 0.6 is 7.82 Å². The number of carbonyl (C=O) groups excluding carboxylic acids is 6. The summed E-state index contributed by atoms with van der Waals surface area (Å²) >= 11 is 0. The van der Waals surface area contributed by atoms with Crippen molar-refractivity contribution in [3.63, 3.8) is 0 Å². The second-order valence-electron chi connectivity index (χ2n) is 22.9. The minimum Gasteiger partial charge on any atom is -0.468 e. The number of amides is 1. The van der Waals surface area contributed by atoms with Gasteiger partial charge >= 0.3 is 37.7 Å². The van der Waals surface area contributed by atoms with E-state index in [0.29, 0.717) is 50.4 Å². The van der Waals surface area contributed by atoms with Gasteiger partial charge in [-0.25, -0.2) is 4.57 Å². The van der Waals surface area contributed by atoms with E-state index in [1.54, 1.807) is 0 Å². The number of pyridine rings is 1. The normalized spacial score (nSPS) is 14.9. The number of fused-ring (bicyclic) bond motifs is 2. The highest BCUT2D eigenvalue weighted by Crippen LogP contribution is 2.43. The van der Waals surface area contributed by atoms with Crippen molar-refractivity contribution < 1.29 is 71.0 Å². The van der Waals surface area contributed by atoms with Crippen LogP contribution in [-0.4, -0.2) is 159 Å². The van der Waals surface area contributed by atoms with Crippen molar-refractivity contribution in [2.75, 3.05) is 87.0 Å². The number of nitrogens with zero attached hydrogens (tertiary/aromatic N) is 4. The van der Waals surface area contributed by atoms with Crippen molar-refractivity contribution in [3.05, 3.63) is 29.6 Å². The first kappa shape index (κ1) is 77.1. The lowest BCUT2D eigenvalue weighted by Gasteiger charge is -2.34. The number of phosphoric acid groups is 1. The molecule has 20 nitrogen and oxygen atoms in total. The first-order chi connectivity index (χ1) is 41.2. The fourth-order valence-corrected chi connectivity index (χ4v) is 11.2. The van der Waals surface area contributed by atoms with Gasteiger partial charge in [-0.05, 0) is 31.4 Å². The Morgan fingerprint density at radius 2 is 0.965 bits per heavy atom. The molecule has 0 aromatic carbocycles. The third-order valence-electron chi connectivity index (χ3n) is 15.6. The number of phosphoric ester groups is 1. The zero-order valence-electron chi connectivity index (χ0n) is 53.3. The fraction of sp³-hybridized carbons (Fsp3) is 0.828. The summed E-state index contributed by atoms with van der Waals surface area (Å²) in [5, 5.41) is 2.65. The first-order valence-corrected chi connectivity index (χ1v) is 34.3. The molecule has 1 amide bonds. The summed E-state index contributed by atoms with van der Waals surface area (Å²) in [6, 6.07) is 4.65. The molecule has 2 heterocycles. The van der Waals surface area contributed by atoms with E-state index < -0.39 is 68.9 Å². The summed E-state index contributed by atoms with van der Waals surface area (Å²) < 4.78 is 49.8. The van der Waals surface area contributed by atoms with Gasteiger partial charge in [-0.1, -0.05) is 200 Å². The van der Waals surface area contributed by atoms with Gasteiger partial charge in [0.05, 0.1) is 59.0 Å². The molecule has 85 heavy (non-hydrogen) atoms. The van der Waals surface area contributed by atoms with E-state index in [0.717, 1.165) is 38.5 Å². The highest BCUT2D eigenvalue weighted by atomic mass is 31.2. The van der Waals surface area contributed by atoms with Crippen LogP contribution in [0.3, 0.4) is 0 Å². The Bertz CT molecular complexity index is 1940. The minimum absolute atomic E-state index is 0.0270. The molecule has 0 aliphatic carbocycles. The number of aromatic nitrogens is 1. The van der Waals surface area contributed by atoms with Crippen LogP contribution in [0, 0.1) is 0 Å². The van der Waals surface area contributed by atoms with E-state index in [1.807, 2.05) is 32.9 Å². The number of carbonyl (C=O) groups is 6. The summed E-state index contributed by atoms with van der Waals surface area (Å²) in [4.78, 5) is 98.4. The first-order valence-electron chi connectivity index (χ1n) is 32.8. The van der Waals surface area contributed by atoms with Crippen molar-refractivity contribution in [3.8, 4) is 0 Å². The standard InChI is InChI=1S/C64H114N5O15P/c1-6-8-10-12-14-16-18-20-22-24-26-28-30-32-34-39-60(71)81-53-57(84-61(72)40-35-33-31-29-27-25-23-21-19-17-15-13-11-9-7-2)54-83-85(76,77)82-48-43-65-59(70)42-41-58(64(75)80-5)69-46-44-67(51-62(73)78-3)49-55-37-36-38-56(66-55)50-68(45-47-69)52-63(74)79-4/h36-38,57-58H,6-35,39-54H2,1-5H3,(H,65,70)(H,76,77)/t57-,58?/m1/s1. The molecular formula is C64H114N5O15P. The van der Waals surface area contributed by atoms with Gasteiger partial charge in [-0.3, -0.25) is 57.5 Å². The molecule has 0 spiro atoms. The maximum Gasteiger partial charge on any atom is 0.472 e. The smallest absolute Gasteiger partial charge is 0.468 e. The maximum atomic E-state index is 13.4. The Kier molecular flexibility index (Phi) is 46.1. The van der Waals surface area contributed by atoms with Crippen LogP contribution in [0.4, 0.5) is 0 Å². The lowest BCUT2D eigenvalue weighted by Crippen LogP contribution is -2.49. The number of ether oxygens (including phenoxy) is 5. The van der Waals surface area contributed by atoms with Gasteiger partial charge in [-0.2, -0.15) is 0 Å². The lowest BCUT2D eigenvalue weighted by atomic mass is 10.0. The largest absolute Gasteiger partial charge is 0.472 e. The van der Waals surface area contributed by atoms with Crippen LogP contribution in [0.5, 0.6) is 0 Å². The molecule has 1 aliphatic rings. The molecular weight excluding hydrogens is 1110 g/mol. The number of rotatable bonds is 51. The molecule has 1 aliphatic heterocycles. The third kappa shape index (κ3) is 41.7. The maximum absolute atomic E-state index is 13.4. The topological polar surface area (TPSA) is 239 Å². The summed E-state index contributed by atoms with van der Waals surface area (Å²) in [6.45, 7) is 4.64. The molecule has 1 aromatic rings.